The zero-order chi connectivity index (χ0) is 14.2. The maximum absolute atomic E-state index is 11.4. The summed E-state index contributed by atoms with van der Waals surface area (Å²) < 4.78 is 5.78. The maximum Gasteiger partial charge on any atom is 0.219 e. The zero-order valence-electron chi connectivity index (χ0n) is 12.2. The minimum atomic E-state index is 0.142. The molecule has 1 aromatic rings. The molecule has 0 saturated carbocycles. The number of morpholine rings is 1. The van der Waals surface area contributed by atoms with E-state index >= 15 is 0 Å². The highest BCUT2D eigenvalue weighted by molar-refractivity contribution is 5.75. The molecular formula is C16H24N2O2. The Balaban J connectivity index is 1.75. The van der Waals surface area contributed by atoms with Crippen molar-refractivity contribution in [3.8, 4) is 0 Å². The van der Waals surface area contributed by atoms with Crippen molar-refractivity contribution >= 4 is 11.6 Å². The van der Waals surface area contributed by atoms with Gasteiger partial charge in [0.25, 0.3) is 0 Å². The van der Waals surface area contributed by atoms with Crippen molar-refractivity contribution in [2.75, 3.05) is 31.1 Å². The summed E-state index contributed by atoms with van der Waals surface area (Å²) in [6.45, 7) is 5.30. The molecule has 0 bridgehead atoms. The molecule has 1 heterocycles. The van der Waals surface area contributed by atoms with E-state index in [4.69, 9.17) is 4.74 Å². The van der Waals surface area contributed by atoms with Gasteiger partial charge in [0.1, 0.15) is 0 Å². The minimum Gasteiger partial charge on any atom is -0.374 e. The summed E-state index contributed by atoms with van der Waals surface area (Å²) >= 11 is 0. The number of anilines is 1. The lowest BCUT2D eigenvalue weighted by Gasteiger charge is -2.34. The molecule has 4 heteroatoms. The molecule has 1 saturated heterocycles. The van der Waals surface area contributed by atoms with Gasteiger partial charge in [-0.05, 0) is 25.0 Å². The van der Waals surface area contributed by atoms with Crippen LogP contribution in [0.15, 0.2) is 30.3 Å². The Labute approximate surface area is 121 Å². The second kappa shape index (κ2) is 7.90. The summed E-state index contributed by atoms with van der Waals surface area (Å²) in [4.78, 5) is 13.8. The molecule has 0 radical (unpaired) electrons. The molecule has 0 aliphatic carbocycles. The van der Waals surface area contributed by atoms with Crippen LogP contribution in [0.4, 0.5) is 5.69 Å². The number of nitrogens with one attached hydrogen (secondary N) is 1. The summed E-state index contributed by atoms with van der Waals surface area (Å²) in [5.41, 5.74) is 1.25. The molecule has 1 aromatic carbocycles. The molecule has 1 aliphatic rings. The van der Waals surface area contributed by atoms with Gasteiger partial charge in [-0.2, -0.15) is 0 Å². The first-order chi connectivity index (χ1) is 9.79. The first-order valence-electron chi connectivity index (χ1n) is 7.48. The second-order valence-corrected chi connectivity index (χ2v) is 5.16. The van der Waals surface area contributed by atoms with Gasteiger partial charge in [-0.15, -0.1) is 0 Å². The molecule has 20 heavy (non-hydrogen) atoms. The van der Waals surface area contributed by atoms with Gasteiger partial charge in [0.2, 0.25) is 5.91 Å². The van der Waals surface area contributed by atoms with Gasteiger partial charge < -0.3 is 15.0 Å². The lowest BCUT2D eigenvalue weighted by molar-refractivity contribution is -0.121. The average molecular weight is 276 g/mol. The van der Waals surface area contributed by atoms with E-state index in [1.807, 2.05) is 13.0 Å². The Morgan fingerprint density at radius 3 is 2.95 bits per heavy atom. The van der Waals surface area contributed by atoms with Crippen molar-refractivity contribution in [1.29, 1.82) is 0 Å². The number of hydrogen-bond donors (Lipinski definition) is 1. The fourth-order valence-corrected chi connectivity index (χ4v) is 2.46. The normalized spacial score (nSPS) is 18.9. The molecular weight excluding hydrogens is 252 g/mol. The first-order valence-corrected chi connectivity index (χ1v) is 7.48. The number of carbonyl (C=O) groups excluding carboxylic acids is 1. The van der Waals surface area contributed by atoms with Crippen molar-refractivity contribution in [2.45, 2.75) is 32.3 Å². The highest BCUT2D eigenvalue weighted by atomic mass is 16.5. The van der Waals surface area contributed by atoms with Crippen LogP contribution >= 0.6 is 0 Å². The SMILES string of the molecule is CCCC(=O)NCCC1CN(c2ccccc2)CCO1. The molecule has 2 rings (SSSR count). The highest BCUT2D eigenvalue weighted by Crippen LogP contribution is 2.18. The molecule has 1 amide bonds. The lowest BCUT2D eigenvalue weighted by atomic mass is 10.2. The summed E-state index contributed by atoms with van der Waals surface area (Å²) in [5.74, 6) is 0.142. The Hall–Kier alpha value is -1.55. The van der Waals surface area contributed by atoms with E-state index < -0.39 is 0 Å². The lowest BCUT2D eigenvalue weighted by Crippen LogP contribution is -2.43. The number of para-hydroxylation sites is 1. The van der Waals surface area contributed by atoms with E-state index in [1.165, 1.54) is 5.69 Å². The molecule has 1 fully saturated rings. The van der Waals surface area contributed by atoms with Crippen molar-refractivity contribution in [2.24, 2.45) is 0 Å². The van der Waals surface area contributed by atoms with Gasteiger partial charge in [0.15, 0.2) is 0 Å². The van der Waals surface area contributed by atoms with Gasteiger partial charge >= 0.3 is 0 Å². The van der Waals surface area contributed by atoms with E-state index in [2.05, 4.69) is 34.5 Å². The highest BCUT2D eigenvalue weighted by Gasteiger charge is 2.20. The van der Waals surface area contributed by atoms with E-state index in [9.17, 15) is 4.79 Å². The molecule has 0 aromatic heterocycles. The second-order valence-electron chi connectivity index (χ2n) is 5.16. The third-order valence-corrected chi connectivity index (χ3v) is 3.53. The zero-order valence-corrected chi connectivity index (χ0v) is 12.2. The van der Waals surface area contributed by atoms with Crippen LogP contribution in [0, 0.1) is 0 Å². The number of ether oxygens (including phenoxy) is 1. The summed E-state index contributed by atoms with van der Waals surface area (Å²) in [6, 6.07) is 10.4. The number of nitrogens with zero attached hydrogens (tertiary/aromatic N) is 1. The van der Waals surface area contributed by atoms with Crippen LogP contribution < -0.4 is 10.2 Å². The number of hydrogen-bond acceptors (Lipinski definition) is 3. The van der Waals surface area contributed by atoms with Crippen LogP contribution in [-0.4, -0.2) is 38.3 Å². The molecule has 1 aliphatic heterocycles. The van der Waals surface area contributed by atoms with Crippen LogP contribution in [-0.2, 0) is 9.53 Å². The van der Waals surface area contributed by atoms with Crippen LogP contribution in [0.2, 0.25) is 0 Å². The predicted octanol–water partition coefficient (Wildman–Crippen LogP) is 2.20. The number of rotatable bonds is 6. The number of carbonyl (C=O) groups is 1. The summed E-state index contributed by atoms with van der Waals surface area (Å²) in [7, 11) is 0. The fraction of sp³-hybridized carbons (Fsp3) is 0.562. The smallest absolute Gasteiger partial charge is 0.219 e. The van der Waals surface area contributed by atoms with Crippen molar-refractivity contribution in [3.63, 3.8) is 0 Å². The third-order valence-electron chi connectivity index (χ3n) is 3.53. The van der Waals surface area contributed by atoms with E-state index in [1.54, 1.807) is 0 Å². The topological polar surface area (TPSA) is 41.6 Å². The summed E-state index contributed by atoms with van der Waals surface area (Å²) in [6.07, 6.45) is 2.58. The average Bonchev–Trinajstić information content (AvgIpc) is 2.49. The largest absolute Gasteiger partial charge is 0.374 e. The molecule has 4 nitrogen and oxygen atoms in total. The van der Waals surface area contributed by atoms with E-state index in [0.717, 1.165) is 32.5 Å². The first kappa shape index (κ1) is 14.9. The van der Waals surface area contributed by atoms with Gasteiger partial charge in [-0.25, -0.2) is 0 Å². The van der Waals surface area contributed by atoms with Crippen LogP contribution in [0.3, 0.4) is 0 Å². The van der Waals surface area contributed by atoms with E-state index in [-0.39, 0.29) is 12.0 Å². The van der Waals surface area contributed by atoms with Crippen LogP contribution in [0.25, 0.3) is 0 Å². The van der Waals surface area contributed by atoms with Crippen LogP contribution in [0.1, 0.15) is 26.2 Å². The Kier molecular flexibility index (Phi) is 5.87. The van der Waals surface area contributed by atoms with Gasteiger partial charge in [0, 0.05) is 31.7 Å². The fourth-order valence-electron chi connectivity index (χ4n) is 2.46. The Morgan fingerprint density at radius 2 is 2.20 bits per heavy atom. The third kappa shape index (κ3) is 4.53. The van der Waals surface area contributed by atoms with Gasteiger partial charge in [-0.3, -0.25) is 4.79 Å². The van der Waals surface area contributed by atoms with Crippen molar-refractivity contribution in [3.05, 3.63) is 30.3 Å². The van der Waals surface area contributed by atoms with Gasteiger partial charge in [0.05, 0.1) is 12.7 Å². The minimum absolute atomic E-state index is 0.142. The predicted molar refractivity (Wildman–Crippen MR) is 80.9 cm³/mol. The maximum atomic E-state index is 11.4. The monoisotopic (exact) mass is 276 g/mol. The number of amides is 1. The van der Waals surface area contributed by atoms with Gasteiger partial charge in [-0.1, -0.05) is 25.1 Å². The quantitative estimate of drug-likeness (QED) is 0.866. The number of benzene rings is 1. The molecule has 1 unspecified atom stereocenters. The molecule has 1 atom stereocenters. The Morgan fingerprint density at radius 1 is 1.40 bits per heavy atom. The standard InChI is InChI=1S/C16H24N2O2/c1-2-6-16(19)17-10-9-15-13-18(11-12-20-15)14-7-4-3-5-8-14/h3-5,7-8,15H,2,6,9-13H2,1H3,(H,17,19). The Bertz CT molecular complexity index is 408. The van der Waals surface area contributed by atoms with Crippen molar-refractivity contribution in [1.82, 2.24) is 5.32 Å². The van der Waals surface area contributed by atoms with Crippen molar-refractivity contribution < 1.29 is 9.53 Å². The molecule has 110 valence electrons. The molecule has 1 N–H and O–H groups in total. The molecule has 0 spiro atoms. The van der Waals surface area contributed by atoms with E-state index in [0.29, 0.717) is 13.0 Å². The summed E-state index contributed by atoms with van der Waals surface area (Å²) in [5, 5.41) is 2.95. The van der Waals surface area contributed by atoms with Crippen LogP contribution in [0.5, 0.6) is 0 Å².